The number of benzene rings is 1. The van der Waals surface area contributed by atoms with Crippen LogP contribution in [0, 0.1) is 0 Å². The summed E-state index contributed by atoms with van der Waals surface area (Å²) < 4.78 is 11.0. The Labute approximate surface area is 190 Å². The van der Waals surface area contributed by atoms with Crippen molar-refractivity contribution < 1.29 is 14.3 Å². The topological polar surface area (TPSA) is 75.7 Å². The molecular weight excluding hydrogens is 404 g/mol. The van der Waals surface area contributed by atoms with Crippen LogP contribution in [0.25, 0.3) is 0 Å². The number of ether oxygens (including phenoxy) is 2. The molecule has 7 nitrogen and oxygen atoms in total. The number of nitrogens with one attached hydrogen (secondary N) is 2. The highest BCUT2D eigenvalue weighted by atomic mass is 16.5. The summed E-state index contributed by atoms with van der Waals surface area (Å²) in [7, 11) is 5.54. The molecule has 4 rings (SSSR count). The molecule has 2 heterocycles. The number of aryl methyl sites for hydroxylation is 1. The Hall–Kier alpha value is -2.80. The molecule has 2 N–H and O–H groups in total. The van der Waals surface area contributed by atoms with Crippen LogP contribution in [0.15, 0.2) is 36.5 Å². The molecule has 2 aliphatic rings. The lowest BCUT2D eigenvalue weighted by Gasteiger charge is -2.45. The first-order valence-electron chi connectivity index (χ1n) is 11.4. The number of carbonyl (C=O) groups excluding carboxylic acids is 1. The van der Waals surface area contributed by atoms with E-state index in [0.717, 1.165) is 55.7 Å². The van der Waals surface area contributed by atoms with E-state index >= 15 is 0 Å². The van der Waals surface area contributed by atoms with Crippen molar-refractivity contribution in [2.24, 2.45) is 0 Å². The van der Waals surface area contributed by atoms with E-state index in [-0.39, 0.29) is 17.5 Å². The highest BCUT2D eigenvalue weighted by molar-refractivity contribution is 5.88. The average Bonchev–Trinajstić information content (AvgIpc) is 3.16. The summed E-state index contributed by atoms with van der Waals surface area (Å²) in [6.07, 6.45) is 6.72. The molecule has 1 aromatic carbocycles. The van der Waals surface area contributed by atoms with Gasteiger partial charge in [0, 0.05) is 23.7 Å². The van der Waals surface area contributed by atoms with Crippen LogP contribution in [0.5, 0.6) is 11.5 Å². The molecular formula is C25H34N4O3. The van der Waals surface area contributed by atoms with Crippen LogP contribution in [-0.2, 0) is 11.8 Å². The standard InChI is InChI=1S/C25H34N4O3/c1-5-17-6-9-23(26-16-17)28-24(30)27-19-10-11-25(12-13-29(2)22(25)15-19)18-7-8-20(31-3)21(14-18)32-4/h6-9,14,16,19,22H,5,10-13,15H2,1-4H3,(H2,26,27,28,30). The number of rotatable bonds is 6. The van der Waals surface area contributed by atoms with Gasteiger partial charge in [-0.3, -0.25) is 5.32 Å². The number of likely N-dealkylation sites (N-methyl/N-ethyl adjacent to an activating group) is 1. The molecule has 3 unspecified atom stereocenters. The fourth-order valence-electron chi connectivity index (χ4n) is 5.44. The number of methoxy groups -OCH3 is 2. The molecule has 7 heteroatoms. The summed E-state index contributed by atoms with van der Waals surface area (Å²) in [5.74, 6) is 2.10. The molecule has 3 atom stereocenters. The first-order chi connectivity index (χ1) is 15.5. The van der Waals surface area contributed by atoms with Crippen molar-refractivity contribution in [1.29, 1.82) is 0 Å². The first-order valence-corrected chi connectivity index (χ1v) is 11.4. The maximum absolute atomic E-state index is 12.6. The molecule has 2 amide bonds. The van der Waals surface area contributed by atoms with Crippen LogP contribution in [0.2, 0.25) is 0 Å². The van der Waals surface area contributed by atoms with Gasteiger partial charge in [0.15, 0.2) is 11.5 Å². The minimum atomic E-state index is -0.189. The number of hydrogen-bond donors (Lipinski definition) is 2. The monoisotopic (exact) mass is 438 g/mol. The van der Waals surface area contributed by atoms with E-state index in [2.05, 4.69) is 46.6 Å². The number of nitrogens with zero attached hydrogens (tertiary/aromatic N) is 2. The maximum atomic E-state index is 12.6. The Morgan fingerprint density at radius 1 is 1.19 bits per heavy atom. The van der Waals surface area contributed by atoms with Crippen LogP contribution in [0.1, 0.15) is 43.7 Å². The zero-order valence-electron chi connectivity index (χ0n) is 19.5. The van der Waals surface area contributed by atoms with Gasteiger partial charge in [-0.1, -0.05) is 19.1 Å². The lowest BCUT2D eigenvalue weighted by atomic mass is 9.65. The molecule has 2 aromatic rings. The van der Waals surface area contributed by atoms with Crippen molar-refractivity contribution in [3.63, 3.8) is 0 Å². The first kappa shape index (κ1) is 22.4. The van der Waals surface area contributed by atoms with Gasteiger partial charge in [0.1, 0.15) is 5.82 Å². The fourth-order valence-corrected chi connectivity index (χ4v) is 5.44. The molecule has 0 bridgehead atoms. The number of pyridine rings is 1. The smallest absolute Gasteiger partial charge is 0.320 e. The molecule has 32 heavy (non-hydrogen) atoms. The number of anilines is 1. The third kappa shape index (κ3) is 4.26. The van der Waals surface area contributed by atoms with Crippen LogP contribution in [0.3, 0.4) is 0 Å². The van der Waals surface area contributed by atoms with Gasteiger partial charge in [0.05, 0.1) is 14.2 Å². The number of fused-ring (bicyclic) bond motifs is 1. The fraction of sp³-hybridized carbons (Fsp3) is 0.520. The number of amides is 2. The number of urea groups is 1. The molecule has 1 aliphatic carbocycles. The molecule has 1 saturated heterocycles. The number of hydrogen-bond acceptors (Lipinski definition) is 5. The summed E-state index contributed by atoms with van der Waals surface area (Å²) in [5.41, 5.74) is 2.52. The lowest BCUT2D eigenvalue weighted by Crippen LogP contribution is -2.52. The summed E-state index contributed by atoms with van der Waals surface area (Å²) >= 11 is 0. The van der Waals surface area contributed by atoms with E-state index in [1.165, 1.54) is 5.56 Å². The number of carbonyl (C=O) groups is 1. The second kappa shape index (κ2) is 9.36. The van der Waals surface area contributed by atoms with Gasteiger partial charge >= 0.3 is 6.03 Å². The Kier molecular flexibility index (Phi) is 6.55. The zero-order chi connectivity index (χ0) is 22.7. The molecule has 2 fully saturated rings. The van der Waals surface area contributed by atoms with Crippen molar-refractivity contribution in [2.75, 3.05) is 33.1 Å². The number of aromatic nitrogens is 1. The summed E-state index contributed by atoms with van der Waals surface area (Å²) in [6.45, 7) is 3.13. The predicted molar refractivity (Wildman–Crippen MR) is 126 cm³/mol. The normalized spacial score (nSPS) is 25.1. The van der Waals surface area contributed by atoms with Gasteiger partial charge in [-0.15, -0.1) is 0 Å². The summed E-state index contributed by atoms with van der Waals surface area (Å²) in [6, 6.07) is 10.5. The lowest BCUT2D eigenvalue weighted by molar-refractivity contribution is 0.156. The highest BCUT2D eigenvalue weighted by Crippen LogP contribution is 2.49. The third-order valence-corrected chi connectivity index (χ3v) is 7.30. The third-order valence-electron chi connectivity index (χ3n) is 7.30. The van der Waals surface area contributed by atoms with E-state index in [4.69, 9.17) is 9.47 Å². The molecule has 1 aromatic heterocycles. The second-order valence-electron chi connectivity index (χ2n) is 8.95. The molecule has 1 saturated carbocycles. The van der Waals surface area contributed by atoms with E-state index in [0.29, 0.717) is 11.9 Å². The maximum Gasteiger partial charge on any atom is 0.320 e. The molecule has 0 radical (unpaired) electrons. The van der Waals surface area contributed by atoms with Crippen molar-refractivity contribution in [3.05, 3.63) is 47.7 Å². The van der Waals surface area contributed by atoms with Crippen LogP contribution in [0.4, 0.5) is 10.6 Å². The van der Waals surface area contributed by atoms with E-state index in [1.54, 1.807) is 20.4 Å². The van der Waals surface area contributed by atoms with Crippen molar-refractivity contribution in [1.82, 2.24) is 15.2 Å². The predicted octanol–water partition coefficient (Wildman–Crippen LogP) is 3.98. The Morgan fingerprint density at radius 2 is 2.00 bits per heavy atom. The van der Waals surface area contributed by atoms with Gasteiger partial charge in [-0.2, -0.15) is 0 Å². The Balaban J connectivity index is 1.45. The van der Waals surface area contributed by atoms with Gasteiger partial charge in [-0.05, 0) is 75.0 Å². The molecule has 1 aliphatic heterocycles. The van der Waals surface area contributed by atoms with Gasteiger partial charge < -0.3 is 19.7 Å². The Morgan fingerprint density at radius 3 is 2.69 bits per heavy atom. The van der Waals surface area contributed by atoms with E-state index in [9.17, 15) is 4.79 Å². The van der Waals surface area contributed by atoms with Crippen molar-refractivity contribution in [2.45, 2.75) is 56.5 Å². The zero-order valence-corrected chi connectivity index (χ0v) is 19.5. The summed E-state index contributed by atoms with van der Waals surface area (Å²) in [4.78, 5) is 19.4. The van der Waals surface area contributed by atoms with E-state index in [1.807, 2.05) is 18.2 Å². The van der Waals surface area contributed by atoms with Gasteiger partial charge in [0.2, 0.25) is 0 Å². The SMILES string of the molecule is CCc1ccc(NC(=O)NC2CCC3(c4ccc(OC)c(OC)c4)CCN(C)C3C2)nc1. The number of likely N-dealkylation sites (tertiary alicyclic amines) is 1. The van der Waals surface area contributed by atoms with Crippen LogP contribution in [-0.4, -0.2) is 55.8 Å². The quantitative estimate of drug-likeness (QED) is 0.714. The average molecular weight is 439 g/mol. The van der Waals surface area contributed by atoms with Gasteiger partial charge in [0.25, 0.3) is 0 Å². The Bertz CT molecular complexity index is 949. The summed E-state index contributed by atoms with van der Waals surface area (Å²) in [5, 5.41) is 6.05. The highest BCUT2D eigenvalue weighted by Gasteiger charge is 2.50. The second-order valence-corrected chi connectivity index (χ2v) is 8.95. The van der Waals surface area contributed by atoms with Crippen molar-refractivity contribution in [3.8, 4) is 11.5 Å². The van der Waals surface area contributed by atoms with Gasteiger partial charge in [-0.25, -0.2) is 9.78 Å². The van der Waals surface area contributed by atoms with E-state index < -0.39 is 0 Å². The minimum absolute atomic E-state index is 0.0699. The van der Waals surface area contributed by atoms with Crippen LogP contribution < -0.4 is 20.1 Å². The molecule has 172 valence electrons. The minimum Gasteiger partial charge on any atom is -0.493 e. The van der Waals surface area contributed by atoms with Crippen molar-refractivity contribution >= 4 is 11.8 Å². The largest absolute Gasteiger partial charge is 0.493 e. The van der Waals surface area contributed by atoms with Crippen LogP contribution >= 0.6 is 0 Å². The molecule has 0 spiro atoms.